The van der Waals surface area contributed by atoms with Crippen molar-refractivity contribution >= 4 is 17.4 Å². The van der Waals surface area contributed by atoms with Gasteiger partial charge in [-0.3, -0.25) is 14.9 Å². The van der Waals surface area contributed by atoms with Crippen LogP contribution in [-0.4, -0.2) is 23.3 Å². The Morgan fingerprint density at radius 2 is 1.75 bits per heavy atom. The summed E-state index contributed by atoms with van der Waals surface area (Å²) in [5, 5.41) is 10.9. The molecule has 0 unspecified atom stereocenters. The summed E-state index contributed by atoms with van der Waals surface area (Å²) < 4.78 is 10.2. The molecule has 0 bridgehead atoms. The van der Waals surface area contributed by atoms with Crippen LogP contribution in [0.15, 0.2) is 48.5 Å². The number of carbonyl (C=O) groups excluding carboxylic acids is 2. The molecule has 0 N–H and O–H groups in total. The van der Waals surface area contributed by atoms with E-state index in [4.69, 9.17) is 9.47 Å². The van der Waals surface area contributed by atoms with Gasteiger partial charge < -0.3 is 9.47 Å². The Morgan fingerprint density at radius 1 is 1.08 bits per heavy atom. The van der Waals surface area contributed by atoms with Crippen LogP contribution in [0, 0.1) is 10.1 Å². The van der Waals surface area contributed by atoms with Crippen LogP contribution in [0.4, 0.5) is 5.69 Å². The maximum absolute atomic E-state index is 11.8. The molecular weight excluding hydrogens is 314 g/mol. The fourth-order valence-electron chi connectivity index (χ4n) is 1.94. The second-order valence-electron chi connectivity index (χ2n) is 4.79. The molecule has 0 aliphatic rings. The Bertz CT molecular complexity index is 754. The molecule has 2 rings (SSSR count). The van der Waals surface area contributed by atoms with Crippen LogP contribution in [0.25, 0.3) is 0 Å². The molecule has 0 radical (unpaired) electrons. The lowest BCUT2D eigenvalue weighted by molar-refractivity contribution is -0.385. The molecule has 0 saturated heterocycles. The predicted molar refractivity (Wildman–Crippen MR) is 85.3 cm³/mol. The molecule has 0 fully saturated rings. The van der Waals surface area contributed by atoms with Crippen molar-refractivity contribution in [3.63, 3.8) is 0 Å². The Hall–Kier alpha value is -3.22. The molecule has 0 atom stereocenters. The van der Waals surface area contributed by atoms with Crippen molar-refractivity contribution in [1.29, 1.82) is 0 Å². The van der Waals surface area contributed by atoms with E-state index in [1.54, 1.807) is 25.1 Å². The van der Waals surface area contributed by atoms with Gasteiger partial charge in [-0.1, -0.05) is 19.1 Å². The molecule has 0 saturated carbocycles. The number of hydrogen-bond acceptors (Lipinski definition) is 6. The summed E-state index contributed by atoms with van der Waals surface area (Å²) in [6, 6.07) is 11.9. The minimum atomic E-state index is -0.706. The zero-order chi connectivity index (χ0) is 17.5. The first-order chi connectivity index (χ1) is 11.5. The van der Waals surface area contributed by atoms with Crippen molar-refractivity contribution in [3.05, 3.63) is 64.2 Å². The molecule has 0 amide bonds. The second-order valence-corrected chi connectivity index (χ2v) is 4.79. The normalized spacial score (nSPS) is 10.0. The Kier molecular flexibility index (Phi) is 5.62. The average molecular weight is 329 g/mol. The van der Waals surface area contributed by atoms with E-state index < -0.39 is 17.5 Å². The van der Waals surface area contributed by atoms with Gasteiger partial charge >= 0.3 is 11.7 Å². The van der Waals surface area contributed by atoms with Crippen molar-refractivity contribution in [2.75, 3.05) is 6.61 Å². The first kappa shape index (κ1) is 17.1. The number of esters is 1. The highest BCUT2D eigenvalue weighted by molar-refractivity contribution is 5.95. The van der Waals surface area contributed by atoms with E-state index in [0.29, 0.717) is 12.0 Å². The number of hydrogen-bond donors (Lipinski definition) is 0. The van der Waals surface area contributed by atoms with Gasteiger partial charge in [-0.25, -0.2) is 4.79 Å². The molecular formula is C17H15NO6. The summed E-state index contributed by atoms with van der Waals surface area (Å²) in [6.45, 7) is 1.29. The van der Waals surface area contributed by atoms with Crippen LogP contribution >= 0.6 is 0 Å². The number of para-hydroxylation sites is 2. The van der Waals surface area contributed by atoms with E-state index in [0.717, 1.165) is 0 Å². The molecule has 0 spiro atoms. The van der Waals surface area contributed by atoms with Crippen molar-refractivity contribution in [1.82, 2.24) is 0 Å². The zero-order valence-corrected chi connectivity index (χ0v) is 12.9. The number of benzene rings is 2. The molecule has 7 heteroatoms. The van der Waals surface area contributed by atoms with Crippen LogP contribution in [0.3, 0.4) is 0 Å². The molecule has 2 aromatic carbocycles. The molecule has 2 aromatic rings. The lowest BCUT2D eigenvalue weighted by Gasteiger charge is -2.07. The highest BCUT2D eigenvalue weighted by Crippen LogP contribution is 2.25. The number of nitro benzene ring substituents is 1. The highest BCUT2D eigenvalue weighted by Gasteiger charge is 2.15. The number of carbonyl (C=O) groups is 2. The Morgan fingerprint density at radius 3 is 2.38 bits per heavy atom. The first-order valence-corrected chi connectivity index (χ1v) is 7.21. The third-order valence-electron chi connectivity index (χ3n) is 3.14. The monoisotopic (exact) mass is 329 g/mol. The predicted octanol–water partition coefficient (Wildman–Crippen LogP) is 3.17. The van der Waals surface area contributed by atoms with Crippen molar-refractivity contribution < 1.29 is 24.0 Å². The highest BCUT2D eigenvalue weighted by atomic mass is 16.6. The van der Waals surface area contributed by atoms with Crippen molar-refractivity contribution in [3.8, 4) is 11.5 Å². The Balaban J connectivity index is 1.94. The van der Waals surface area contributed by atoms with E-state index in [1.165, 1.54) is 30.3 Å². The fourth-order valence-corrected chi connectivity index (χ4v) is 1.94. The van der Waals surface area contributed by atoms with Gasteiger partial charge in [0.05, 0.1) is 4.92 Å². The third kappa shape index (κ3) is 4.39. The SMILES string of the molecule is CCC(=O)c1ccc(OC(=O)COc2ccccc2[N+](=O)[O-])cc1. The third-order valence-corrected chi connectivity index (χ3v) is 3.14. The largest absolute Gasteiger partial charge is 0.475 e. The van der Waals surface area contributed by atoms with E-state index in [1.807, 2.05) is 0 Å². The summed E-state index contributed by atoms with van der Waals surface area (Å²) in [7, 11) is 0. The minimum absolute atomic E-state index is 0.00685. The lowest BCUT2D eigenvalue weighted by atomic mass is 10.1. The van der Waals surface area contributed by atoms with Gasteiger partial charge in [-0.05, 0) is 30.3 Å². The minimum Gasteiger partial charge on any atom is -0.475 e. The summed E-state index contributed by atoms with van der Waals surface area (Å²) in [5.41, 5.74) is 0.307. The topological polar surface area (TPSA) is 95.7 Å². The Labute approximate surface area is 138 Å². The van der Waals surface area contributed by atoms with Crippen molar-refractivity contribution in [2.24, 2.45) is 0 Å². The van der Waals surface area contributed by atoms with Crippen molar-refractivity contribution in [2.45, 2.75) is 13.3 Å². The smallest absolute Gasteiger partial charge is 0.349 e. The van der Waals surface area contributed by atoms with Crippen LogP contribution < -0.4 is 9.47 Å². The number of Topliss-reactive ketones (excluding diaryl/α,β-unsaturated/α-hetero) is 1. The van der Waals surface area contributed by atoms with Gasteiger partial charge in [0.2, 0.25) is 0 Å². The van der Waals surface area contributed by atoms with Gasteiger partial charge in [-0.2, -0.15) is 0 Å². The maximum Gasteiger partial charge on any atom is 0.349 e. The molecule has 7 nitrogen and oxygen atoms in total. The summed E-state index contributed by atoms with van der Waals surface area (Å²) >= 11 is 0. The van der Waals surface area contributed by atoms with Gasteiger partial charge in [0.25, 0.3) is 0 Å². The molecule has 124 valence electrons. The summed E-state index contributed by atoms with van der Waals surface area (Å²) in [5.74, 6) is -0.461. The molecule has 0 aliphatic heterocycles. The number of ketones is 1. The average Bonchev–Trinajstić information content (AvgIpc) is 2.60. The van der Waals surface area contributed by atoms with Gasteiger partial charge in [0.1, 0.15) is 5.75 Å². The van der Waals surface area contributed by atoms with Crippen LogP contribution in [0.5, 0.6) is 11.5 Å². The zero-order valence-electron chi connectivity index (χ0n) is 12.9. The summed E-state index contributed by atoms with van der Waals surface area (Å²) in [6.07, 6.45) is 0.392. The van der Waals surface area contributed by atoms with Crippen LogP contribution in [0.1, 0.15) is 23.7 Å². The standard InChI is InChI=1S/C17H15NO6/c1-2-15(19)12-7-9-13(10-8-12)24-17(20)11-23-16-6-4-3-5-14(16)18(21)22/h3-10H,2,11H2,1H3. The van der Waals surface area contributed by atoms with Crippen LogP contribution in [-0.2, 0) is 4.79 Å². The number of rotatable bonds is 7. The van der Waals surface area contributed by atoms with E-state index in [2.05, 4.69) is 0 Å². The van der Waals surface area contributed by atoms with Gasteiger partial charge in [0.15, 0.2) is 18.1 Å². The quantitative estimate of drug-likeness (QED) is 0.254. The van der Waals surface area contributed by atoms with Gasteiger partial charge in [-0.15, -0.1) is 0 Å². The fraction of sp³-hybridized carbons (Fsp3) is 0.176. The van der Waals surface area contributed by atoms with Gasteiger partial charge in [0, 0.05) is 18.1 Å². The molecule has 0 aliphatic carbocycles. The number of nitrogens with zero attached hydrogens (tertiary/aromatic N) is 1. The summed E-state index contributed by atoms with van der Waals surface area (Å²) in [4.78, 5) is 33.5. The van der Waals surface area contributed by atoms with E-state index in [9.17, 15) is 19.7 Å². The molecule has 0 heterocycles. The lowest BCUT2D eigenvalue weighted by Crippen LogP contribution is -2.18. The number of nitro groups is 1. The second kappa shape index (κ2) is 7.87. The maximum atomic E-state index is 11.8. The number of ether oxygens (including phenoxy) is 2. The first-order valence-electron chi connectivity index (χ1n) is 7.21. The van der Waals surface area contributed by atoms with Crippen LogP contribution in [0.2, 0.25) is 0 Å². The van der Waals surface area contributed by atoms with E-state index in [-0.39, 0.29) is 23.0 Å². The molecule has 24 heavy (non-hydrogen) atoms. The molecule has 0 aromatic heterocycles. The van der Waals surface area contributed by atoms with E-state index >= 15 is 0 Å².